The van der Waals surface area contributed by atoms with Crippen LogP contribution < -0.4 is 10.6 Å². The molecule has 5 rings (SSSR count). The Labute approximate surface area is 232 Å². The molecule has 0 aliphatic carbocycles. The summed E-state index contributed by atoms with van der Waals surface area (Å²) in [5, 5.41) is 11.6. The molecule has 0 fully saturated rings. The lowest BCUT2D eigenvalue weighted by Gasteiger charge is -2.12. The minimum Gasteiger partial charge on any atom is -0.366 e. The first-order valence-corrected chi connectivity index (χ1v) is 13.9. The Balaban J connectivity index is 1.28. The number of hydrogen-bond acceptors (Lipinski definition) is 5. The molecule has 0 saturated heterocycles. The summed E-state index contributed by atoms with van der Waals surface area (Å²) in [6.45, 7) is 1.05. The summed E-state index contributed by atoms with van der Waals surface area (Å²) < 4.78 is 2.57. The predicted molar refractivity (Wildman–Crippen MR) is 154 cm³/mol. The zero-order chi connectivity index (χ0) is 25.8. The molecule has 0 spiro atoms. The fourth-order valence-corrected chi connectivity index (χ4v) is 5.12. The fourth-order valence-electron chi connectivity index (χ4n) is 3.95. The number of hydrogen-bond donors (Lipinski definition) is 2. The number of nitrogens with zero attached hydrogens (tertiary/aromatic N) is 3. The van der Waals surface area contributed by atoms with Crippen molar-refractivity contribution in [3.63, 3.8) is 0 Å². The van der Waals surface area contributed by atoms with E-state index in [0.717, 1.165) is 37.6 Å². The quantitative estimate of drug-likeness (QED) is 0.189. The van der Waals surface area contributed by atoms with E-state index in [-0.39, 0.29) is 5.91 Å². The van der Waals surface area contributed by atoms with E-state index in [1.165, 1.54) is 0 Å². The van der Waals surface area contributed by atoms with Gasteiger partial charge in [-0.3, -0.25) is 4.79 Å². The van der Waals surface area contributed by atoms with Crippen molar-refractivity contribution in [1.29, 1.82) is 0 Å². The molecular formula is C28H23BrClN5OS. The Morgan fingerprint density at radius 3 is 2.46 bits per heavy atom. The molecule has 0 saturated carbocycles. The Bertz CT molecular complexity index is 1570. The number of amides is 1. The van der Waals surface area contributed by atoms with Crippen molar-refractivity contribution in [2.24, 2.45) is 0 Å². The Kier molecular flexibility index (Phi) is 7.79. The summed E-state index contributed by atoms with van der Waals surface area (Å²) in [7, 11) is 0. The van der Waals surface area contributed by atoms with E-state index in [9.17, 15) is 4.79 Å². The maximum Gasteiger partial charge on any atom is 0.252 e. The minimum absolute atomic E-state index is 0.0721. The van der Waals surface area contributed by atoms with Crippen molar-refractivity contribution in [3.8, 4) is 11.3 Å². The summed E-state index contributed by atoms with van der Waals surface area (Å²) in [5.41, 5.74) is 5.14. The van der Waals surface area contributed by atoms with E-state index in [0.29, 0.717) is 29.3 Å². The second kappa shape index (κ2) is 11.4. The van der Waals surface area contributed by atoms with Crippen LogP contribution in [0.4, 0.5) is 5.82 Å². The van der Waals surface area contributed by atoms with Crippen LogP contribution in [0.5, 0.6) is 0 Å². The average Bonchev–Trinajstić information content (AvgIpc) is 3.31. The number of carbonyl (C=O) groups excluding carboxylic acids is 1. The third-order valence-corrected chi connectivity index (χ3v) is 7.56. The van der Waals surface area contributed by atoms with Gasteiger partial charge in [-0.1, -0.05) is 66.2 Å². The van der Waals surface area contributed by atoms with Crippen LogP contribution in [0.1, 0.15) is 21.5 Å². The number of anilines is 1. The fraction of sp³-hybridized carbons (Fsp3) is 0.107. The lowest BCUT2D eigenvalue weighted by atomic mass is 10.1. The van der Waals surface area contributed by atoms with Crippen molar-refractivity contribution in [2.75, 3.05) is 11.6 Å². The first kappa shape index (κ1) is 25.3. The topological polar surface area (TPSA) is 71.3 Å². The van der Waals surface area contributed by atoms with E-state index < -0.39 is 0 Å². The standard InChI is InChI=1S/C28H23BrClN5OS/c1-37-25-9-5-3-7-21(25)28(36)32-16-19-12-10-18(11-13-19)15-31-26-14-24(20-6-2-4-8-23(20)30)34-27-22(29)17-33-35(26)27/h2-14,17,31H,15-16H2,1H3,(H,32,36). The molecule has 0 aliphatic rings. The van der Waals surface area contributed by atoms with Gasteiger partial charge in [-0.25, -0.2) is 4.98 Å². The molecule has 9 heteroatoms. The number of halogens is 2. The van der Waals surface area contributed by atoms with Gasteiger partial charge in [0.25, 0.3) is 5.91 Å². The van der Waals surface area contributed by atoms with E-state index in [4.69, 9.17) is 16.6 Å². The molecule has 2 N–H and O–H groups in total. The first-order valence-electron chi connectivity index (χ1n) is 11.6. The van der Waals surface area contributed by atoms with Gasteiger partial charge in [0.15, 0.2) is 5.65 Å². The molecule has 0 aliphatic heterocycles. The van der Waals surface area contributed by atoms with Gasteiger partial charge in [-0.2, -0.15) is 9.61 Å². The SMILES string of the molecule is CSc1ccccc1C(=O)NCc1ccc(CNc2cc(-c3ccccc3Cl)nc3c(Br)cnn23)cc1. The molecule has 186 valence electrons. The smallest absolute Gasteiger partial charge is 0.252 e. The van der Waals surface area contributed by atoms with Gasteiger partial charge >= 0.3 is 0 Å². The van der Waals surface area contributed by atoms with Gasteiger partial charge in [0.05, 0.1) is 21.9 Å². The number of aromatic nitrogens is 3. The zero-order valence-electron chi connectivity index (χ0n) is 19.9. The minimum atomic E-state index is -0.0721. The van der Waals surface area contributed by atoms with Gasteiger partial charge in [-0.15, -0.1) is 11.8 Å². The molecule has 6 nitrogen and oxygen atoms in total. The highest BCUT2D eigenvalue weighted by atomic mass is 79.9. The highest BCUT2D eigenvalue weighted by Gasteiger charge is 2.13. The molecule has 5 aromatic rings. The summed E-state index contributed by atoms with van der Waals surface area (Å²) in [6.07, 6.45) is 3.70. The average molecular weight is 593 g/mol. The third-order valence-electron chi connectivity index (χ3n) is 5.88. The molecule has 3 aromatic carbocycles. The Morgan fingerprint density at radius 2 is 1.70 bits per heavy atom. The monoisotopic (exact) mass is 591 g/mol. The van der Waals surface area contributed by atoms with E-state index in [1.54, 1.807) is 22.5 Å². The van der Waals surface area contributed by atoms with Crippen LogP contribution in [-0.2, 0) is 13.1 Å². The molecule has 0 bridgehead atoms. The van der Waals surface area contributed by atoms with Crippen molar-refractivity contribution in [3.05, 3.63) is 111 Å². The van der Waals surface area contributed by atoms with Crippen LogP contribution in [0.15, 0.2) is 94.4 Å². The van der Waals surface area contributed by atoms with Gasteiger partial charge in [0.1, 0.15) is 5.82 Å². The first-order chi connectivity index (χ1) is 18.0. The number of fused-ring (bicyclic) bond motifs is 1. The molecule has 2 aromatic heterocycles. The second-order valence-electron chi connectivity index (χ2n) is 8.29. The molecule has 0 unspecified atom stereocenters. The molecule has 0 radical (unpaired) electrons. The van der Waals surface area contributed by atoms with Crippen LogP contribution >= 0.6 is 39.3 Å². The number of rotatable bonds is 8. The molecule has 37 heavy (non-hydrogen) atoms. The van der Waals surface area contributed by atoms with Crippen LogP contribution in [-0.4, -0.2) is 26.8 Å². The molecule has 0 atom stereocenters. The number of carbonyl (C=O) groups is 1. The van der Waals surface area contributed by atoms with Crippen molar-refractivity contribution in [1.82, 2.24) is 19.9 Å². The Morgan fingerprint density at radius 1 is 1.00 bits per heavy atom. The molecule has 2 heterocycles. The van der Waals surface area contributed by atoms with Crippen LogP contribution in [0, 0.1) is 0 Å². The largest absolute Gasteiger partial charge is 0.366 e. The van der Waals surface area contributed by atoms with Gasteiger partial charge in [0.2, 0.25) is 0 Å². The van der Waals surface area contributed by atoms with E-state index in [2.05, 4.69) is 43.8 Å². The lowest BCUT2D eigenvalue weighted by molar-refractivity contribution is 0.0948. The normalized spacial score (nSPS) is 11.0. The number of benzene rings is 3. The number of thioether (sulfide) groups is 1. The second-order valence-corrected chi connectivity index (χ2v) is 10.4. The lowest BCUT2D eigenvalue weighted by Crippen LogP contribution is -2.23. The Hall–Kier alpha value is -3.33. The number of nitrogens with one attached hydrogen (secondary N) is 2. The predicted octanol–water partition coefficient (Wildman–Crippen LogP) is 7.08. The van der Waals surface area contributed by atoms with Crippen molar-refractivity contribution in [2.45, 2.75) is 18.0 Å². The van der Waals surface area contributed by atoms with Crippen molar-refractivity contribution < 1.29 is 4.79 Å². The van der Waals surface area contributed by atoms with E-state index >= 15 is 0 Å². The summed E-state index contributed by atoms with van der Waals surface area (Å²) in [5.74, 6) is 0.728. The summed E-state index contributed by atoms with van der Waals surface area (Å²) in [6, 6.07) is 25.4. The van der Waals surface area contributed by atoms with Gasteiger partial charge < -0.3 is 10.6 Å². The summed E-state index contributed by atoms with van der Waals surface area (Å²) >= 11 is 11.5. The molecular weight excluding hydrogens is 570 g/mol. The van der Waals surface area contributed by atoms with Crippen LogP contribution in [0.25, 0.3) is 16.9 Å². The third kappa shape index (κ3) is 5.66. The van der Waals surface area contributed by atoms with Crippen LogP contribution in [0.2, 0.25) is 5.02 Å². The maximum atomic E-state index is 12.6. The van der Waals surface area contributed by atoms with Gasteiger partial charge in [0, 0.05) is 34.6 Å². The van der Waals surface area contributed by atoms with Gasteiger partial charge in [-0.05, 0) is 51.5 Å². The molecule has 1 amide bonds. The van der Waals surface area contributed by atoms with Crippen LogP contribution in [0.3, 0.4) is 0 Å². The zero-order valence-corrected chi connectivity index (χ0v) is 23.1. The van der Waals surface area contributed by atoms with E-state index in [1.807, 2.05) is 73.0 Å². The maximum absolute atomic E-state index is 12.6. The van der Waals surface area contributed by atoms with Crippen molar-refractivity contribution >= 4 is 56.7 Å². The highest BCUT2D eigenvalue weighted by Crippen LogP contribution is 2.30. The highest BCUT2D eigenvalue weighted by molar-refractivity contribution is 9.10. The summed E-state index contributed by atoms with van der Waals surface area (Å²) in [4.78, 5) is 18.3.